The van der Waals surface area contributed by atoms with Gasteiger partial charge >= 0.3 is 17.8 Å². The fourth-order valence-electron chi connectivity index (χ4n) is 4.75. The molecule has 1 aromatic carbocycles. The molecule has 0 spiro atoms. The van der Waals surface area contributed by atoms with Gasteiger partial charge < -0.3 is 9.94 Å². The van der Waals surface area contributed by atoms with Crippen molar-refractivity contribution in [1.29, 1.82) is 5.26 Å². The molecule has 0 amide bonds. The molecule has 0 bridgehead atoms. The van der Waals surface area contributed by atoms with Gasteiger partial charge in [0.25, 0.3) is 5.69 Å². The van der Waals surface area contributed by atoms with Crippen LogP contribution in [0.2, 0.25) is 0 Å². The molecule has 1 saturated carbocycles. The zero-order valence-electron chi connectivity index (χ0n) is 22.4. The summed E-state index contributed by atoms with van der Waals surface area (Å²) >= 11 is 1.33. The van der Waals surface area contributed by atoms with Gasteiger partial charge in [0.2, 0.25) is 0 Å². The maximum absolute atomic E-state index is 14.1. The maximum atomic E-state index is 14.1. The van der Waals surface area contributed by atoms with Crippen LogP contribution in [0.1, 0.15) is 30.9 Å². The van der Waals surface area contributed by atoms with E-state index in [0.29, 0.717) is 49.7 Å². The van der Waals surface area contributed by atoms with Crippen LogP contribution in [0.5, 0.6) is 5.75 Å². The summed E-state index contributed by atoms with van der Waals surface area (Å²) in [5.74, 6) is -4.09. The molecule has 42 heavy (non-hydrogen) atoms. The zero-order valence-corrected chi connectivity index (χ0v) is 23.2. The summed E-state index contributed by atoms with van der Waals surface area (Å²) in [6, 6.07) is 11.8. The minimum absolute atomic E-state index is 0.0194. The molecule has 3 heterocycles. The number of halogens is 5. The van der Waals surface area contributed by atoms with E-state index in [4.69, 9.17) is 4.74 Å². The van der Waals surface area contributed by atoms with Gasteiger partial charge in [0, 0.05) is 5.56 Å². The SMILES string of the molecule is CCSc1cc(C2(C#N)CC2)c[n+]([O-])c1-c1cc2c(cn1)n(CC(F)(F)C(F)(F)F)c(=O)n2Cc1ccc(OC)cc1. The molecule has 14 heteroatoms. The molecule has 3 aromatic heterocycles. The number of hydrogen-bond acceptors (Lipinski definition) is 6. The van der Waals surface area contributed by atoms with Gasteiger partial charge in [-0.3, -0.25) is 9.13 Å². The summed E-state index contributed by atoms with van der Waals surface area (Å²) in [7, 11) is 1.47. The second-order valence-electron chi connectivity index (χ2n) is 9.96. The summed E-state index contributed by atoms with van der Waals surface area (Å²) < 4.78 is 74.8. The Balaban J connectivity index is 1.69. The van der Waals surface area contributed by atoms with Gasteiger partial charge in [-0.25, -0.2) is 9.78 Å². The van der Waals surface area contributed by atoms with E-state index in [1.54, 1.807) is 30.3 Å². The third-order valence-corrected chi connectivity index (χ3v) is 8.14. The van der Waals surface area contributed by atoms with Crippen LogP contribution in [0, 0.1) is 16.5 Å². The maximum Gasteiger partial charge on any atom is 0.455 e. The molecule has 8 nitrogen and oxygen atoms in total. The van der Waals surface area contributed by atoms with Crippen molar-refractivity contribution in [2.75, 3.05) is 12.9 Å². The van der Waals surface area contributed by atoms with E-state index in [9.17, 15) is 37.2 Å². The lowest BCUT2D eigenvalue weighted by Crippen LogP contribution is -2.43. The topological polar surface area (TPSA) is 99.8 Å². The van der Waals surface area contributed by atoms with Crippen molar-refractivity contribution in [3.63, 3.8) is 0 Å². The minimum atomic E-state index is -5.88. The highest BCUT2D eigenvalue weighted by molar-refractivity contribution is 7.99. The van der Waals surface area contributed by atoms with Crippen molar-refractivity contribution in [2.45, 2.75) is 55.3 Å². The molecule has 0 atom stereocenters. The summed E-state index contributed by atoms with van der Waals surface area (Å²) in [6.45, 7) is -0.228. The number of fused-ring (bicyclic) bond motifs is 1. The molecule has 1 aliphatic carbocycles. The third kappa shape index (κ3) is 5.17. The molecular formula is C28H24F5N5O3S. The standard InChI is InChI=1S/C28H24F5N5O3S/c1-3-42-23-10-18(26(15-34)8-9-26)14-38(40)24(23)20-11-21-22(12-35-20)37(16-27(29,30)28(31,32)33)25(39)36(21)13-17-4-6-19(41-2)7-5-17/h4-7,10-12,14H,3,8-9,13,16H2,1-2H3. The summed E-state index contributed by atoms with van der Waals surface area (Å²) in [6.07, 6.45) is -2.31. The molecule has 0 saturated heterocycles. The van der Waals surface area contributed by atoms with Crippen LogP contribution in [-0.2, 0) is 18.5 Å². The third-order valence-electron chi connectivity index (χ3n) is 7.23. The molecule has 0 unspecified atom stereocenters. The van der Waals surface area contributed by atoms with Gasteiger partial charge in [0.1, 0.15) is 18.0 Å². The molecule has 220 valence electrons. The minimum Gasteiger partial charge on any atom is -0.618 e. The lowest BCUT2D eigenvalue weighted by molar-refractivity contribution is -0.596. The van der Waals surface area contributed by atoms with E-state index in [1.165, 1.54) is 31.1 Å². The second kappa shape index (κ2) is 10.6. The summed E-state index contributed by atoms with van der Waals surface area (Å²) in [5, 5.41) is 22.9. The number of nitriles is 1. The number of ether oxygens (including phenoxy) is 1. The van der Waals surface area contributed by atoms with Gasteiger partial charge in [0.15, 0.2) is 6.20 Å². The van der Waals surface area contributed by atoms with E-state index in [2.05, 4.69) is 11.1 Å². The average molecular weight is 606 g/mol. The second-order valence-corrected chi connectivity index (χ2v) is 11.3. The molecule has 1 aliphatic rings. The van der Waals surface area contributed by atoms with Crippen LogP contribution in [0.25, 0.3) is 22.4 Å². The number of aromatic nitrogens is 4. The Morgan fingerprint density at radius 2 is 1.83 bits per heavy atom. The molecule has 0 radical (unpaired) electrons. The summed E-state index contributed by atoms with van der Waals surface area (Å²) in [5.41, 5.74) is -0.741. The normalized spacial score (nSPS) is 14.6. The van der Waals surface area contributed by atoms with Gasteiger partial charge in [-0.2, -0.15) is 31.9 Å². The molecule has 4 aromatic rings. The monoisotopic (exact) mass is 605 g/mol. The zero-order chi connectivity index (χ0) is 30.4. The van der Waals surface area contributed by atoms with Crippen molar-refractivity contribution >= 4 is 22.8 Å². The van der Waals surface area contributed by atoms with E-state index in [-0.39, 0.29) is 29.0 Å². The number of rotatable bonds is 9. The Kier molecular flexibility index (Phi) is 7.42. The number of imidazole rings is 1. The highest BCUT2D eigenvalue weighted by Crippen LogP contribution is 2.48. The number of alkyl halides is 5. The van der Waals surface area contributed by atoms with Crippen LogP contribution < -0.4 is 15.2 Å². The van der Waals surface area contributed by atoms with Crippen molar-refractivity contribution in [2.24, 2.45) is 0 Å². The first-order valence-electron chi connectivity index (χ1n) is 12.8. The first-order chi connectivity index (χ1) is 19.8. The van der Waals surface area contributed by atoms with Crippen LogP contribution in [0.4, 0.5) is 22.0 Å². The molecule has 1 fully saturated rings. The van der Waals surface area contributed by atoms with E-state index < -0.39 is 29.7 Å². The van der Waals surface area contributed by atoms with E-state index in [1.807, 2.05) is 6.92 Å². The van der Waals surface area contributed by atoms with Crippen LogP contribution in [0.3, 0.4) is 0 Å². The van der Waals surface area contributed by atoms with Gasteiger partial charge in [-0.1, -0.05) is 19.1 Å². The number of methoxy groups -OCH3 is 1. The van der Waals surface area contributed by atoms with Crippen LogP contribution >= 0.6 is 11.8 Å². The fourth-order valence-corrected chi connectivity index (χ4v) is 5.61. The van der Waals surface area contributed by atoms with E-state index in [0.717, 1.165) is 10.8 Å². The Morgan fingerprint density at radius 3 is 2.40 bits per heavy atom. The Morgan fingerprint density at radius 1 is 1.14 bits per heavy atom. The molecule has 5 rings (SSSR count). The number of hydrogen-bond donors (Lipinski definition) is 0. The highest BCUT2D eigenvalue weighted by atomic mass is 32.2. The molecular weight excluding hydrogens is 581 g/mol. The Hall–Kier alpha value is -4.12. The highest BCUT2D eigenvalue weighted by Gasteiger charge is 2.58. The number of benzene rings is 1. The van der Waals surface area contributed by atoms with Crippen LogP contribution in [-0.4, -0.2) is 39.1 Å². The first-order valence-corrected chi connectivity index (χ1v) is 13.8. The predicted molar refractivity (Wildman–Crippen MR) is 144 cm³/mol. The Labute approximate surface area is 240 Å². The predicted octanol–water partition coefficient (Wildman–Crippen LogP) is 5.42. The lowest BCUT2D eigenvalue weighted by Gasteiger charge is -2.19. The quantitative estimate of drug-likeness (QED) is 0.109. The van der Waals surface area contributed by atoms with Crippen molar-refractivity contribution in [3.05, 3.63) is 75.6 Å². The smallest absolute Gasteiger partial charge is 0.455 e. The van der Waals surface area contributed by atoms with Gasteiger partial charge in [-0.05, 0) is 48.4 Å². The fraction of sp³-hybridized carbons (Fsp3) is 0.357. The lowest BCUT2D eigenvalue weighted by atomic mass is 9.99. The largest absolute Gasteiger partial charge is 0.618 e. The van der Waals surface area contributed by atoms with Crippen LogP contribution in [0.15, 0.2) is 58.5 Å². The van der Waals surface area contributed by atoms with Crippen molar-refractivity contribution in [3.8, 4) is 23.2 Å². The van der Waals surface area contributed by atoms with Gasteiger partial charge in [0.05, 0.1) is 47.3 Å². The number of thioether (sulfide) groups is 1. The van der Waals surface area contributed by atoms with Gasteiger partial charge in [-0.15, -0.1) is 11.8 Å². The van der Waals surface area contributed by atoms with Crippen molar-refractivity contribution in [1.82, 2.24) is 14.1 Å². The van der Waals surface area contributed by atoms with E-state index >= 15 is 0 Å². The van der Waals surface area contributed by atoms with Crippen molar-refractivity contribution < 1.29 is 31.4 Å². The number of pyridine rings is 2. The summed E-state index contributed by atoms with van der Waals surface area (Å²) in [4.78, 5) is 18.1. The average Bonchev–Trinajstić information content (AvgIpc) is 3.71. The first kappa shape index (κ1) is 29.4. The molecule has 0 aliphatic heterocycles. The Bertz CT molecular complexity index is 1760. The number of nitrogens with zero attached hydrogens (tertiary/aromatic N) is 5. The molecule has 0 N–H and O–H groups in total.